The van der Waals surface area contributed by atoms with Crippen LogP contribution in [0.3, 0.4) is 0 Å². The molecule has 3 aromatic carbocycles. The molecule has 8 heteroatoms. The van der Waals surface area contributed by atoms with Gasteiger partial charge in [0, 0.05) is 15.6 Å². The maximum Gasteiger partial charge on any atom is 0.363 e. The molecule has 0 saturated heterocycles. The highest BCUT2D eigenvalue weighted by molar-refractivity contribution is 9.10. The van der Waals surface area contributed by atoms with Crippen LogP contribution in [0.2, 0.25) is 0 Å². The largest absolute Gasteiger partial charge is 0.493 e. The number of hydrogen-bond donors (Lipinski definition) is 0. The number of ether oxygens (including phenoxy) is 3. The number of nitrogens with zero attached hydrogens (tertiary/aromatic N) is 1. The maximum atomic E-state index is 13.1. The van der Waals surface area contributed by atoms with E-state index in [1.165, 1.54) is 24.3 Å². The van der Waals surface area contributed by atoms with Gasteiger partial charge in [-0.25, -0.2) is 14.2 Å². The topological polar surface area (TPSA) is 57.1 Å². The fourth-order valence-corrected chi connectivity index (χ4v) is 3.98. The Kier molecular flexibility index (Phi) is 6.72. The zero-order chi connectivity index (χ0) is 22.7. The first kappa shape index (κ1) is 22.2. The molecule has 0 atom stereocenters. The number of halogens is 3. The lowest BCUT2D eigenvalue weighted by Crippen LogP contribution is -2.05. The minimum Gasteiger partial charge on any atom is -0.493 e. The zero-order valence-electron chi connectivity index (χ0n) is 16.8. The molecule has 0 radical (unpaired) electrons. The molecule has 0 spiro atoms. The second-order valence-electron chi connectivity index (χ2n) is 6.76. The van der Waals surface area contributed by atoms with Gasteiger partial charge in [0.05, 0.1) is 11.6 Å². The fraction of sp³-hybridized carbons (Fsp3) is 0.0833. The Morgan fingerprint density at radius 1 is 1.06 bits per heavy atom. The number of carbonyl (C=O) groups is 1. The van der Waals surface area contributed by atoms with Crippen molar-refractivity contribution in [3.63, 3.8) is 0 Å². The van der Waals surface area contributed by atoms with Gasteiger partial charge in [0.2, 0.25) is 5.90 Å². The zero-order valence-corrected chi connectivity index (χ0v) is 19.9. The highest BCUT2D eigenvalue weighted by Gasteiger charge is 2.24. The molecule has 0 aliphatic carbocycles. The van der Waals surface area contributed by atoms with E-state index in [-0.39, 0.29) is 17.4 Å². The van der Waals surface area contributed by atoms with Crippen LogP contribution >= 0.6 is 31.9 Å². The van der Waals surface area contributed by atoms with E-state index in [1.54, 1.807) is 25.3 Å². The van der Waals surface area contributed by atoms with Crippen LogP contribution in [0.4, 0.5) is 4.39 Å². The lowest BCUT2D eigenvalue weighted by Gasteiger charge is -2.14. The van der Waals surface area contributed by atoms with Crippen LogP contribution in [0.25, 0.3) is 6.08 Å². The Morgan fingerprint density at radius 2 is 1.81 bits per heavy atom. The van der Waals surface area contributed by atoms with Gasteiger partial charge in [-0.3, -0.25) is 0 Å². The van der Waals surface area contributed by atoms with E-state index in [1.807, 2.05) is 24.3 Å². The number of benzene rings is 3. The summed E-state index contributed by atoms with van der Waals surface area (Å²) in [5, 5.41) is 0. The second kappa shape index (κ2) is 9.67. The molecule has 0 aromatic heterocycles. The van der Waals surface area contributed by atoms with Crippen LogP contribution in [0.1, 0.15) is 16.7 Å². The smallest absolute Gasteiger partial charge is 0.363 e. The van der Waals surface area contributed by atoms with Gasteiger partial charge in [-0.1, -0.05) is 34.1 Å². The minimum absolute atomic E-state index is 0.125. The van der Waals surface area contributed by atoms with Crippen molar-refractivity contribution in [2.45, 2.75) is 6.61 Å². The summed E-state index contributed by atoms with van der Waals surface area (Å²) in [5.74, 6) is 0.185. The van der Waals surface area contributed by atoms with E-state index in [2.05, 4.69) is 36.9 Å². The third kappa shape index (κ3) is 4.92. The SMILES string of the molecule is COc1cc(C=C2N=C(c3ccc(F)cc3)OC2=O)cc(Br)c1OCc1ccccc1Br. The molecule has 162 valence electrons. The summed E-state index contributed by atoms with van der Waals surface area (Å²) in [6.45, 7) is 0.342. The third-order valence-corrected chi connectivity index (χ3v) is 5.96. The van der Waals surface area contributed by atoms with Crippen molar-refractivity contribution in [3.8, 4) is 11.5 Å². The van der Waals surface area contributed by atoms with Crippen LogP contribution in [-0.2, 0) is 16.1 Å². The molecule has 1 aliphatic rings. The van der Waals surface area contributed by atoms with E-state index in [4.69, 9.17) is 14.2 Å². The first-order valence-electron chi connectivity index (χ1n) is 9.47. The van der Waals surface area contributed by atoms with Crippen LogP contribution in [0.15, 0.2) is 80.3 Å². The average Bonchev–Trinajstić information content (AvgIpc) is 3.14. The summed E-state index contributed by atoms with van der Waals surface area (Å²) in [6.07, 6.45) is 1.59. The van der Waals surface area contributed by atoms with E-state index in [9.17, 15) is 9.18 Å². The fourth-order valence-electron chi connectivity index (χ4n) is 3.01. The first-order chi connectivity index (χ1) is 15.4. The Hall–Kier alpha value is -2.97. The predicted molar refractivity (Wildman–Crippen MR) is 126 cm³/mol. The van der Waals surface area contributed by atoms with Crippen LogP contribution in [0, 0.1) is 5.82 Å². The minimum atomic E-state index is -0.589. The summed E-state index contributed by atoms with van der Waals surface area (Å²) < 4.78 is 31.5. The van der Waals surface area contributed by atoms with E-state index in [0.717, 1.165) is 10.0 Å². The van der Waals surface area contributed by atoms with Crippen LogP contribution in [0.5, 0.6) is 11.5 Å². The standard InChI is InChI=1S/C24H16Br2FNO4/c1-30-21-12-14(10-19(26)22(21)31-13-16-4-2-3-5-18(16)25)11-20-24(29)32-23(28-20)15-6-8-17(27)9-7-15/h2-12H,13H2,1H3. The van der Waals surface area contributed by atoms with Gasteiger partial charge < -0.3 is 14.2 Å². The molecular weight excluding hydrogens is 545 g/mol. The molecule has 0 saturated carbocycles. The summed E-state index contributed by atoms with van der Waals surface area (Å²) in [4.78, 5) is 16.5. The van der Waals surface area contributed by atoms with Gasteiger partial charge in [0.25, 0.3) is 0 Å². The van der Waals surface area contributed by atoms with Gasteiger partial charge in [-0.15, -0.1) is 0 Å². The lowest BCUT2D eigenvalue weighted by atomic mass is 10.1. The Labute approximate surface area is 200 Å². The molecule has 0 unspecified atom stereocenters. The molecule has 0 N–H and O–H groups in total. The van der Waals surface area contributed by atoms with E-state index in [0.29, 0.717) is 33.7 Å². The number of aliphatic imine (C=N–C) groups is 1. The monoisotopic (exact) mass is 559 g/mol. The van der Waals surface area contributed by atoms with Gasteiger partial charge in [0.1, 0.15) is 12.4 Å². The van der Waals surface area contributed by atoms with Crippen molar-refractivity contribution < 1.29 is 23.4 Å². The number of rotatable bonds is 6. The van der Waals surface area contributed by atoms with Gasteiger partial charge in [-0.05, 0) is 70.0 Å². The molecule has 32 heavy (non-hydrogen) atoms. The van der Waals surface area contributed by atoms with Gasteiger partial charge in [0.15, 0.2) is 17.2 Å². The first-order valence-corrected chi connectivity index (χ1v) is 11.1. The number of carbonyl (C=O) groups excluding carboxylic acids is 1. The van der Waals surface area contributed by atoms with E-state index < -0.39 is 5.97 Å². The van der Waals surface area contributed by atoms with Crippen molar-refractivity contribution in [3.05, 3.63) is 97.8 Å². The Balaban J connectivity index is 1.59. The van der Waals surface area contributed by atoms with Crippen molar-refractivity contribution in [2.75, 3.05) is 7.11 Å². The predicted octanol–water partition coefficient (Wildman–Crippen LogP) is 6.28. The molecule has 5 nitrogen and oxygen atoms in total. The average molecular weight is 561 g/mol. The highest BCUT2D eigenvalue weighted by atomic mass is 79.9. The number of hydrogen-bond acceptors (Lipinski definition) is 5. The molecule has 3 aromatic rings. The van der Waals surface area contributed by atoms with Crippen LogP contribution < -0.4 is 9.47 Å². The number of esters is 1. The van der Waals surface area contributed by atoms with Gasteiger partial charge >= 0.3 is 5.97 Å². The molecule has 1 heterocycles. The third-order valence-electron chi connectivity index (χ3n) is 4.60. The van der Waals surface area contributed by atoms with Gasteiger partial charge in [-0.2, -0.15) is 0 Å². The number of cyclic esters (lactones) is 1. The Bertz CT molecular complexity index is 1240. The summed E-state index contributed by atoms with van der Waals surface area (Å²) in [6, 6.07) is 16.9. The number of methoxy groups -OCH3 is 1. The summed E-state index contributed by atoms with van der Waals surface area (Å²) in [5.41, 5.74) is 2.29. The maximum absolute atomic E-state index is 13.1. The Morgan fingerprint density at radius 3 is 2.53 bits per heavy atom. The molecule has 1 aliphatic heterocycles. The molecule has 0 amide bonds. The quantitative estimate of drug-likeness (QED) is 0.263. The van der Waals surface area contributed by atoms with E-state index >= 15 is 0 Å². The van der Waals surface area contributed by atoms with Crippen LogP contribution in [-0.4, -0.2) is 19.0 Å². The summed E-state index contributed by atoms with van der Waals surface area (Å²) in [7, 11) is 1.54. The summed E-state index contributed by atoms with van der Waals surface area (Å²) >= 11 is 7.03. The normalized spacial score (nSPS) is 14.3. The molecule has 0 bridgehead atoms. The van der Waals surface area contributed by atoms with Crippen molar-refractivity contribution >= 4 is 49.8 Å². The molecule has 4 rings (SSSR count). The second-order valence-corrected chi connectivity index (χ2v) is 8.47. The van der Waals surface area contributed by atoms with Crippen molar-refractivity contribution in [1.82, 2.24) is 0 Å². The lowest BCUT2D eigenvalue weighted by molar-refractivity contribution is -0.129. The van der Waals surface area contributed by atoms with Crippen molar-refractivity contribution in [1.29, 1.82) is 0 Å². The van der Waals surface area contributed by atoms with Crippen molar-refractivity contribution in [2.24, 2.45) is 4.99 Å². The molecular formula is C24H16Br2FNO4. The highest BCUT2D eigenvalue weighted by Crippen LogP contribution is 2.38. The molecule has 0 fully saturated rings.